The Bertz CT molecular complexity index is 718. The molecule has 1 aromatic heterocycles. The number of nitrogens with zero attached hydrogens (tertiary/aromatic N) is 4. The lowest BCUT2D eigenvalue weighted by Gasteiger charge is -2.26. The zero-order valence-corrected chi connectivity index (χ0v) is 14.9. The summed E-state index contributed by atoms with van der Waals surface area (Å²) in [5, 5.41) is 5.34. The highest BCUT2D eigenvalue weighted by Crippen LogP contribution is 2.30. The monoisotopic (exact) mass is 344 g/mol. The van der Waals surface area contributed by atoms with Crippen LogP contribution in [0, 0.1) is 6.92 Å². The second-order valence-electron chi connectivity index (χ2n) is 5.88. The molecule has 0 amide bonds. The maximum Gasteiger partial charge on any atom is 0.242 e. The van der Waals surface area contributed by atoms with Gasteiger partial charge in [0.2, 0.25) is 11.9 Å². The fourth-order valence-electron chi connectivity index (χ4n) is 2.76. The van der Waals surface area contributed by atoms with Gasteiger partial charge in [0.1, 0.15) is 17.3 Å². The summed E-state index contributed by atoms with van der Waals surface area (Å²) in [7, 11) is 3.23. The van der Waals surface area contributed by atoms with Gasteiger partial charge in [0.25, 0.3) is 0 Å². The number of methoxy groups -OCH3 is 2. The molecule has 0 radical (unpaired) electrons. The van der Waals surface area contributed by atoms with Crippen molar-refractivity contribution < 1.29 is 9.47 Å². The van der Waals surface area contributed by atoms with Gasteiger partial charge in [0.15, 0.2) is 0 Å². The molecule has 0 aliphatic carbocycles. The van der Waals surface area contributed by atoms with Crippen molar-refractivity contribution in [2.45, 2.75) is 26.2 Å². The van der Waals surface area contributed by atoms with Gasteiger partial charge in [-0.1, -0.05) is 6.42 Å². The lowest BCUT2D eigenvalue weighted by atomic mass is 10.2. The van der Waals surface area contributed by atoms with Crippen LogP contribution >= 0.6 is 0 Å². The predicted octanol–water partition coefficient (Wildman–Crippen LogP) is 2.75. The number of aryl methyl sites for hydroxylation is 1. The van der Waals surface area contributed by atoms with Crippen LogP contribution in [0.15, 0.2) is 18.2 Å². The molecule has 2 N–H and O–H groups in total. The van der Waals surface area contributed by atoms with Crippen molar-refractivity contribution in [1.29, 1.82) is 0 Å². The normalized spacial score (nSPS) is 14.8. The highest BCUT2D eigenvalue weighted by Gasteiger charge is 2.13. The molecule has 8 nitrogen and oxygen atoms in total. The second-order valence-corrected chi connectivity index (χ2v) is 5.88. The van der Waals surface area contributed by atoms with E-state index in [1.165, 1.54) is 19.3 Å². The second kappa shape index (κ2) is 7.98. The van der Waals surface area contributed by atoms with Crippen molar-refractivity contribution in [1.82, 2.24) is 20.0 Å². The van der Waals surface area contributed by atoms with E-state index in [1.54, 1.807) is 14.2 Å². The van der Waals surface area contributed by atoms with Crippen molar-refractivity contribution in [3.8, 4) is 11.5 Å². The minimum atomic E-state index is 0.468. The van der Waals surface area contributed by atoms with Crippen LogP contribution in [-0.4, -0.2) is 47.3 Å². The van der Waals surface area contributed by atoms with Gasteiger partial charge in [0.05, 0.1) is 19.9 Å². The van der Waals surface area contributed by atoms with E-state index < -0.39 is 0 Å². The lowest BCUT2D eigenvalue weighted by molar-refractivity contribution is 0.271. The minimum Gasteiger partial charge on any atom is -0.497 e. The fourth-order valence-corrected chi connectivity index (χ4v) is 2.76. The molecule has 0 saturated carbocycles. The molecule has 0 spiro atoms. The first-order valence-electron chi connectivity index (χ1n) is 8.41. The van der Waals surface area contributed by atoms with E-state index in [-0.39, 0.29) is 0 Å². The Hall–Kier alpha value is -2.61. The molecule has 0 bridgehead atoms. The van der Waals surface area contributed by atoms with E-state index in [2.05, 4.69) is 30.7 Å². The van der Waals surface area contributed by atoms with Crippen LogP contribution in [0.1, 0.15) is 25.1 Å². The summed E-state index contributed by atoms with van der Waals surface area (Å²) in [6, 6.07) is 5.53. The summed E-state index contributed by atoms with van der Waals surface area (Å²) in [5.41, 5.74) is 4.04. The number of hydrogen-bond acceptors (Lipinski definition) is 8. The summed E-state index contributed by atoms with van der Waals surface area (Å²) in [6.07, 6.45) is 3.65. The van der Waals surface area contributed by atoms with Crippen molar-refractivity contribution in [2.75, 3.05) is 38.1 Å². The zero-order chi connectivity index (χ0) is 17.6. The fraction of sp³-hybridized carbons (Fsp3) is 0.471. The summed E-state index contributed by atoms with van der Waals surface area (Å²) >= 11 is 0. The molecular formula is C17H24N6O2. The number of rotatable bonds is 6. The third-order valence-electron chi connectivity index (χ3n) is 4.02. The maximum absolute atomic E-state index is 5.40. The van der Waals surface area contributed by atoms with E-state index in [9.17, 15) is 0 Å². The number of nitrogens with one attached hydrogen (secondary N) is 2. The Morgan fingerprint density at radius 2 is 1.72 bits per heavy atom. The largest absolute Gasteiger partial charge is 0.497 e. The molecule has 25 heavy (non-hydrogen) atoms. The first-order valence-corrected chi connectivity index (χ1v) is 8.41. The van der Waals surface area contributed by atoms with E-state index >= 15 is 0 Å². The first-order chi connectivity index (χ1) is 12.2. The van der Waals surface area contributed by atoms with Crippen LogP contribution in [-0.2, 0) is 0 Å². The third kappa shape index (κ3) is 4.48. The number of benzene rings is 1. The Morgan fingerprint density at radius 1 is 0.960 bits per heavy atom. The molecule has 8 heteroatoms. The summed E-state index contributed by atoms with van der Waals surface area (Å²) in [4.78, 5) is 13.2. The van der Waals surface area contributed by atoms with Crippen LogP contribution in [0.3, 0.4) is 0 Å². The SMILES string of the molecule is COc1ccc(Nc2nc(C)nc(NN3CCCCC3)n2)c(OC)c1. The van der Waals surface area contributed by atoms with Crippen molar-refractivity contribution >= 4 is 17.6 Å². The van der Waals surface area contributed by atoms with Crippen LogP contribution in [0.5, 0.6) is 11.5 Å². The smallest absolute Gasteiger partial charge is 0.242 e. The molecule has 0 unspecified atom stereocenters. The van der Waals surface area contributed by atoms with Gasteiger partial charge < -0.3 is 14.8 Å². The van der Waals surface area contributed by atoms with E-state index in [4.69, 9.17) is 9.47 Å². The Balaban J connectivity index is 1.78. The molecule has 134 valence electrons. The molecule has 1 saturated heterocycles. The van der Waals surface area contributed by atoms with Crippen LogP contribution in [0.25, 0.3) is 0 Å². The molecule has 1 fully saturated rings. The topological polar surface area (TPSA) is 84.4 Å². The molecule has 1 aliphatic heterocycles. The van der Waals surface area contributed by atoms with Gasteiger partial charge in [0, 0.05) is 19.2 Å². The van der Waals surface area contributed by atoms with Crippen LogP contribution in [0.2, 0.25) is 0 Å². The number of hydrazine groups is 1. The minimum absolute atomic E-state index is 0.468. The number of hydrogen-bond donors (Lipinski definition) is 2. The highest BCUT2D eigenvalue weighted by atomic mass is 16.5. The van der Waals surface area contributed by atoms with Crippen LogP contribution < -0.4 is 20.2 Å². The molecule has 2 heterocycles. The van der Waals surface area contributed by atoms with Gasteiger partial charge in [-0.3, -0.25) is 5.43 Å². The first kappa shape index (κ1) is 17.2. The Kier molecular flexibility index (Phi) is 5.49. The van der Waals surface area contributed by atoms with Gasteiger partial charge >= 0.3 is 0 Å². The van der Waals surface area contributed by atoms with Crippen molar-refractivity contribution in [3.63, 3.8) is 0 Å². The van der Waals surface area contributed by atoms with Gasteiger partial charge in [-0.25, -0.2) is 5.01 Å². The predicted molar refractivity (Wildman–Crippen MR) is 96.4 cm³/mol. The molecule has 1 aliphatic rings. The average Bonchev–Trinajstić information content (AvgIpc) is 2.62. The molecule has 1 aromatic carbocycles. The molecular weight excluding hydrogens is 320 g/mol. The van der Waals surface area contributed by atoms with Gasteiger partial charge in [-0.15, -0.1) is 0 Å². The number of anilines is 3. The summed E-state index contributed by atoms with van der Waals surface area (Å²) < 4.78 is 10.6. The quantitative estimate of drug-likeness (QED) is 0.827. The summed E-state index contributed by atoms with van der Waals surface area (Å²) in [6.45, 7) is 3.85. The third-order valence-corrected chi connectivity index (χ3v) is 4.02. The zero-order valence-electron chi connectivity index (χ0n) is 14.9. The van der Waals surface area contributed by atoms with E-state index in [0.717, 1.165) is 24.5 Å². The van der Waals surface area contributed by atoms with Crippen LogP contribution in [0.4, 0.5) is 17.6 Å². The lowest BCUT2D eigenvalue weighted by Crippen LogP contribution is -2.35. The number of aromatic nitrogens is 3. The van der Waals surface area contributed by atoms with Crippen molar-refractivity contribution in [2.24, 2.45) is 0 Å². The van der Waals surface area contributed by atoms with Crippen molar-refractivity contribution in [3.05, 3.63) is 24.0 Å². The Morgan fingerprint density at radius 3 is 2.44 bits per heavy atom. The Labute approximate surface area is 147 Å². The number of piperidine rings is 1. The average molecular weight is 344 g/mol. The standard InChI is InChI=1S/C17H24N6O2/c1-12-18-16(20-14-8-7-13(24-2)11-15(14)25-3)21-17(19-12)22-23-9-5-4-6-10-23/h7-8,11H,4-6,9-10H2,1-3H3,(H2,18,19,20,21,22). The molecule has 2 aromatic rings. The van der Waals surface area contributed by atoms with E-state index in [0.29, 0.717) is 23.5 Å². The molecule has 0 atom stereocenters. The maximum atomic E-state index is 5.40. The highest BCUT2D eigenvalue weighted by molar-refractivity contribution is 5.64. The summed E-state index contributed by atoms with van der Waals surface area (Å²) in [5.74, 6) is 3.04. The van der Waals surface area contributed by atoms with Gasteiger partial charge in [-0.05, 0) is 31.9 Å². The van der Waals surface area contributed by atoms with E-state index in [1.807, 2.05) is 25.1 Å². The molecule has 3 rings (SSSR count). The van der Waals surface area contributed by atoms with Gasteiger partial charge in [-0.2, -0.15) is 15.0 Å². The number of ether oxygens (including phenoxy) is 2.